The van der Waals surface area contributed by atoms with Crippen LogP contribution in [0.5, 0.6) is 5.75 Å². The summed E-state index contributed by atoms with van der Waals surface area (Å²) in [5.74, 6) is 1.34. The van der Waals surface area contributed by atoms with Crippen LogP contribution in [0.2, 0.25) is 0 Å². The molecule has 0 bridgehead atoms. The van der Waals surface area contributed by atoms with Crippen LogP contribution >= 0.6 is 0 Å². The third-order valence-corrected chi connectivity index (χ3v) is 4.37. The van der Waals surface area contributed by atoms with Crippen molar-refractivity contribution in [2.75, 3.05) is 40.9 Å². The molecule has 1 heterocycles. The van der Waals surface area contributed by atoms with E-state index in [2.05, 4.69) is 22.5 Å². The summed E-state index contributed by atoms with van der Waals surface area (Å²) < 4.78 is 11.3. The average Bonchev–Trinajstić information content (AvgIpc) is 3.07. The minimum absolute atomic E-state index is 0.0334. The zero-order chi connectivity index (χ0) is 19.0. The van der Waals surface area contributed by atoms with Gasteiger partial charge >= 0.3 is 0 Å². The van der Waals surface area contributed by atoms with E-state index in [0.29, 0.717) is 12.3 Å². The van der Waals surface area contributed by atoms with Gasteiger partial charge in [0.25, 0.3) is 5.91 Å². The SMILES string of the molecule is CN=C(NCc1cccc(OCC(=O)N(C)C)c1)NCC1(C)CCCO1. The van der Waals surface area contributed by atoms with Crippen LogP contribution in [0, 0.1) is 0 Å². The topological polar surface area (TPSA) is 75.2 Å². The van der Waals surface area contributed by atoms with Gasteiger partial charge in [-0.3, -0.25) is 9.79 Å². The predicted octanol–water partition coefficient (Wildman–Crippen LogP) is 1.39. The summed E-state index contributed by atoms with van der Waals surface area (Å²) in [5, 5.41) is 6.61. The number of ether oxygens (including phenoxy) is 2. The van der Waals surface area contributed by atoms with E-state index >= 15 is 0 Å². The normalized spacial score (nSPS) is 19.9. The van der Waals surface area contributed by atoms with E-state index in [1.807, 2.05) is 24.3 Å². The first-order chi connectivity index (χ1) is 12.4. The van der Waals surface area contributed by atoms with Crippen LogP contribution in [0.15, 0.2) is 29.3 Å². The molecule has 1 aliphatic rings. The Balaban J connectivity index is 1.81. The molecule has 144 valence electrons. The zero-order valence-corrected chi connectivity index (χ0v) is 16.2. The van der Waals surface area contributed by atoms with E-state index in [-0.39, 0.29) is 18.1 Å². The number of nitrogens with zero attached hydrogens (tertiary/aromatic N) is 2. The van der Waals surface area contributed by atoms with E-state index in [0.717, 1.165) is 37.5 Å². The Morgan fingerprint density at radius 2 is 2.19 bits per heavy atom. The van der Waals surface area contributed by atoms with Gasteiger partial charge in [-0.15, -0.1) is 0 Å². The van der Waals surface area contributed by atoms with E-state index < -0.39 is 0 Å². The van der Waals surface area contributed by atoms with E-state index in [4.69, 9.17) is 9.47 Å². The van der Waals surface area contributed by atoms with Gasteiger partial charge in [0.15, 0.2) is 12.6 Å². The summed E-state index contributed by atoms with van der Waals surface area (Å²) in [7, 11) is 5.17. The van der Waals surface area contributed by atoms with E-state index in [1.165, 1.54) is 4.90 Å². The number of nitrogens with one attached hydrogen (secondary N) is 2. The molecule has 0 spiro atoms. The fourth-order valence-corrected chi connectivity index (χ4v) is 2.67. The van der Waals surface area contributed by atoms with Crippen LogP contribution in [-0.2, 0) is 16.1 Å². The van der Waals surface area contributed by atoms with Gasteiger partial charge in [0.2, 0.25) is 0 Å². The number of likely N-dealkylation sites (N-methyl/N-ethyl adjacent to an activating group) is 1. The lowest BCUT2D eigenvalue weighted by Gasteiger charge is -2.24. The number of amides is 1. The van der Waals surface area contributed by atoms with Crippen molar-refractivity contribution in [1.82, 2.24) is 15.5 Å². The first-order valence-electron chi connectivity index (χ1n) is 8.92. The highest BCUT2D eigenvalue weighted by Crippen LogP contribution is 2.23. The highest BCUT2D eigenvalue weighted by molar-refractivity contribution is 5.79. The third-order valence-electron chi connectivity index (χ3n) is 4.37. The molecule has 2 rings (SSSR count). The van der Waals surface area contributed by atoms with Crippen LogP contribution in [0.3, 0.4) is 0 Å². The number of carbonyl (C=O) groups is 1. The lowest BCUT2D eigenvalue weighted by atomic mass is 10.0. The van der Waals surface area contributed by atoms with Crippen molar-refractivity contribution in [3.8, 4) is 5.75 Å². The molecule has 1 atom stereocenters. The number of aliphatic imine (C=N–C) groups is 1. The number of hydrogen-bond acceptors (Lipinski definition) is 4. The molecule has 0 saturated carbocycles. The largest absolute Gasteiger partial charge is 0.484 e. The monoisotopic (exact) mass is 362 g/mol. The Hall–Kier alpha value is -2.28. The maximum Gasteiger partial charge on any atom is 0.259 e. The fraction of sp³-hybridized carbons (Fsp3) is 0.579. The molecule has 1 aromatic carbocycles. The Bertz CT molecular complexity index is 625. The van der Waals surface area contributed by atoms with E-state index in [9.17, 15) is 4.79 Å². The minimum Gasteiger partial charge on any atom is -0.484 e. The smallest absolute Gasteiger partial charge is 0.259 e. The minimum atomic E-state index is -0.121. The van der Waals surface area contributed by atoms with Gasteiger partial charge < -0.3 is 25.0 Å². The molecule has 1 aliphatic heterocycles. The number of hydrogen-bond donors (Lipinski definition) is 2. The van der Waals surface area contributed by atoms with Crippen LogP contribution < -0.4 is 15.4 Å². The molecule has 1 aromatic rings. The number of benzene rings is 1. The molecule has 1 unspecified atom stereocenters. The molecule has 1 amide bonds. The first-order valence-corrected chi connectivity index (χ1v) is 8.92. The van der Waals surface area contributed by atoms with Crippen molar-refractivity contribution in [3.05, 3.63) is 29.8 Å². The molecule has 26 heavy (non-hydrogen) atoms. The molecule has 2 N–H and O–H groups in total. The van der Waals surface area contributed by atoms with E-state index in [1.54, 1.807) is 21.1 Å². The highest BCUT2D eigenvalue weighted by atomic mass is 16.5. The summed E-state index contributed by atoms with van der Waals surface area (Å²) in [6.07, 6.45) is 2.16. The highest BCUT2D eigenvalue weighted by Gasteiger charge is 2.29. The van der Waals surface area contributed by atoms with Crippen molar-refractivity contribution in [2.45, 2.75) is 31.9 Å². The van der Waals surface area contributed by atoms with Crippen molar-refractivity contribution < 1.29 is 14.3 Å². The Morgan fingerprint density at radius 3 is 2.85 bits per heavy atom. The van der Waals surface area contributed by atoms with Gasteiger partial charge in [0, 0.05) is 40.8 Å². The van der Waals surface area contributed by atoms with Gasteiger partial charge in [-0.1, -0.05) is 12.1 Å². The van der Waals surface area contributed by atoms with Gasteiger partial charge in [-0.2, -0.15) is 0 Å². The second-order valence-electron chi connectivity index (χ2n) is 6.91. The van der Waals surface area contributed by atoms with Gasteiger partial charge in [-0.05, 0) is 37.5 Å². The maximum atomic E-state index is 11.6. The van der Waals surface area contributed by atoms with Crippen LogP contribution in [0.25, 0.3) is 0 Å². The molecular formula is C19H30N4O3. The van der Waals surface area contributed by atoms with Crippen LogP contribution in [0.4, 0.5) is 0 Å². The summed E-state index contributed by atoms with van der Waals surface area (Å²) in [6, 6.07) is 7.68. The number of carbonyl (C=O) groups excluding carboxylic acids is 1. The summed E-state index contributed by atoms with van der Waals surface area (Å²) in [5.41, 5.74) is 0.927. The standard InChI is InChI=1S/C19H30N4O3/c1-19(9-6-10-26-19)14-22-18(20-2)21-12-15-7-5-8-16(11-15)25-13-17(24)23(3)4/h5,7-8,11H,6,9-10,12-14H2,1-4H3,(H2,20,21,22). The van der Waals surface area contributed by atoms with Crippen LogP contribution in [-0.4, -0.2) is 63.3 Å². The lowest BCUT2D eigenvalue weighted by Crippen LogP contribution is -2.45. The Kier molecular flexibility index (Phi) is 7.26. The number of rotatable bonds is 7. The average molecular weight is 362 g/mol. The molecule has 7 nitrogen and oxygen atoms in total. The molecule has 0 radical (unpaired) electrons. The Labute approximate surface area is 155 Å². The molecule has 0 aromatic heterocycles. The quantitative estimate of drug-likeness (QED) is 0.566. The van der Waals surface area contributed by atoms with Crippen molar-refractivity contribution in [1.29, 1.82) is 0 Å². The third kappa shape index (κ3) is 6.22. The maximum absolute atomic E-state index is 11.6. The van der Waals surface area contributed by atoms with Crippen LogP contribution in [0.1, 0.15) is 25.3 Å². The molecular weight excluding hydrogens is 332 g/mol. The molecule has 1 fully saturated rings. The van der Waals surface area contributed by atoms with Gasteiger partial charge in [-0.25, -0.2) is 0 Å². The lowest BCUT2D eigenvalue weighted by molar-refractivity contribution is -0.130. The fourth-order valence-electron chi connectivity index (χ4n) is 2.67. The van der Waals surface area contributed by atoms with Crippen molar-refractivity contribution in [3.63, 3.8) is 0 Å². The molecule has 7 heteroatoms. The molecule has 1 saturated heterocycles. The predicted molar refractivity (Wildman–Crippen MR) is 102 cm³/mol. The second kappa shape index (κ2) is 9.43. The van der Waals surface area contributed by atoms with Gasteiger partial charge in [0.1, 0.15) is 5.75 Å². The first kappa shape index (κ1) is 20.0. The van der Waals surface area contributed by atoms with Crippen molar-refractivity contribution >= 4 is 11.9 Å². The second-order valence-corrected chi connectivity index (χ2v) is 6.91. The summed E-state index contributed by atoms with van der Waals surface area (Å²) in [4.78, 5) is 17.4. The van der Waals surface area contributed by atoms with Gasteiger partial charge in [0.05, 0.1) is 5.60 Å². The number of guanidine groups is 1. The Morgan fingerprint density at radius 1 is 1.38 bits per heavy atom. The zero-order valence-electron chi connectivity index (χ0n) is 16.2. The molecule has 0 aliphatic carbocycles. The summed E-state index contributed by atoms with van der Waals surface area (Å²) in [6.45, 7) is 4.31. The summed E-state index contributed by atoms with van der Waals surface area (Å²) >= 11 is 0. The van der Waals surface area contributed by atoms with Crippen molar-refractivity contribution in [2.24, 2.45) is 4.99 Å².